The lowest BCUT2D eigenvalue weighted by Crippen LogP contribution is -2.31. The first-order valence-corrected chi connectivity index (χ1v) is 7.67. The molecule has 0 aliphatic carbocycles. The monoisotopic (exact) mass is 282 g/mol. The molecule has 0 aliphatic rings. The number of unbranched alkanes of at least 4 members (excludes halogenated alkanes) is 2. The lowest BCUT2D eigenvalue weighted by atomic mass is 10.1. The van der Waals surface area contributed by atoms with Crippen molar-refractivity contribution in [1.29, 1.82) is 0 Å². The van der Waals surface area contributed by atoms with Crippen molar-refractivity contribution in [3.8, 4) is 0 Å². The van der Waals surface area contributed by atoms with E-state index in [1.165, 1.54) is 24.8 Å². The molecule has 0 atom stereocenters. The number of nitrogens with two attached hydrogens (primary N) is 1. The average Bonchev–Trinajstić information content (AvgIpc) is 2.39. The van der Waals surface area contributed by atoms with Crippen molar-refractivity contribution in [2.24, 2.45) is 5.73 Å². The van der Waals surface area contributed by atoms with Crippen LogP contribution in [0, 0.1) is 0 Å². The molecule has 0 bridgehead atoms. The van der Waals surface area contributed by atoms with Crippen LogP contribution in [0.4, 0.5) is 0 Å². The number of hydrogen-bond acceptors (Lipinski definition) is 2. The van der Waals surface area contributed by atoms with Crippen molar-refractivity contribution >= 4 is 11.6 Å². The fourth-order valence-electron chi connectivity index (χ4n) is 2.15. The average molecular weight is 283 g/mol. The lowest BCUT2D eigenvalue weighted by molar-refractivity contribution is 0.208. The van der Waals surface area contributed by atoms with Crippen LogP contribution in [-0.2, 0) is 13.1 Å². The molecule has 0 fully saturated rings. The van der Waals surface area contributed by atoms with Gasteiger partial charge in [-0.05, 0) is 44.0 Å². The minimum Gasteiger partial charge on any atom is -0.326 e. The molecule has 0 spiro atoms. The molecule has 0 saturated carbocycles. The normalized spacial score (nSPS) is 11.5. The molecule has 1 rings (SSSR count). The topological polar surface area (TPSA) is 29.3 Å². The van der Waals surface area contributed by atoms with E-state index in [2.05, 4.69) is 37.8 Å². The van der Waals surface area contributed by atoms with E-state index in [1.807, 2.05) is 6.07 Å². The molecule has 2 N–H and O–H groups in total. The zero-order valence-corrected chi connectivity index (χ0v) is 13.2. The van der Waals surface area contributed by atoms with Gasteiger partial charge in [0.1, 0.15) is 0 Å². The van der Waals surface area contributed by atoms with Crippen molar-refractivity contribution in [2.45, 2.75) is 59.2 Å². The van der Waals surface area contributed by atoms with Gasteiger partial charge >= 0.3 is 0 Å². The first-order valence-electron chi connectivity index (χ1n) is 7.29. The van der Waals surface area contributed by atoms with Crippen LogP contribution < -0.4 is 5.73 Å². The van der Waals surface area contributed by atoms with E-state index in [-0.39, 0.29) is 0 Å². The molecule has 3 heteroatoms. The number of halogens is 1. The van der Waals surface area contributed by atoms with Gasteiger partial charge < -0.3 is 5.73 Å². The molecule has 0 amide bonds. The highest BCUT2D eigenvalue weighted by molar-refractivity contribution is 6.31. The number of benzene rings is 1. The standard InChI is InChI=1S/C16H27ClN2/c1-4-5-6-9-19(13(2)3)12-15-8-7-14(11-18)10-16(15)17/h7-8,10,13H,4-6,9,11-12,18H2,1-3H3. The van der Waals surface area contributed by atoms with Gasteiger partial charge in [-0.1, -0.05) is 43.5 Å². The Morgan fingerprint density at radius 1 is 1.26 bits per heavy atom. The van der Waals surface area contributed by atoms with Crippen molar-refractivity contribution in [3.05, 3.63) is 34.3 Å². The Kier molecular flexibility index (Phi) is 7.44. The van der Waals surface area contributed by atoms with Gasteiger partial charge in [-0.3, -0.25) is 4.90 Å². The van der Waals surface area contributed by atoms with E-state index in [9.17, 15) is 0 Å². The Morgan fingerprint density at radius 2 is 2.00 bits per heavy atom. The quantitative estimate of drug-likeness (QED) is 0.724. The third-order valence-electron chi connectivity index (χ3n) is 3.51. The predicted octanol–water partition coefficient (Wildman–Crippen LogP) is 4.20. The molecule has 0 heterocycles. The summed E-state index contributed by atoms with van der Waals surface area (Å²) in [6.45, 7) is 9.33. The van der Waals surface area contributed by atoms with E-state index >= 15 is 0 Å². The molecule has 19 heavy (non-hydrogen) atoms. The van der Waals surface area contributed by atoms with E-state index in [1.54, 1.807) is 0 Å². The maximum Gasteiger partial charge on any atom is 0.0454 e. The summed E-state index contributed by atoms with van der Waals surface area (Å²) in [5.74, 6) is 0. The molecule has 1 aromatic rings. The van der Waals surface area contributed by atoms with E-state index in [4.69, 9.17) is 17.3 Å². The van der Waals surface area contributed by atoms with Gasteiger partial charge in [0.15, 0.2) is 0 Å². The molecule has 108 valence electrons. The Morgan fingerprint density at radius 3 is 2.53 bits per heavy atom. The van der Waals surface area contributed by atoms with Crippen LogP contribution in [0.1, 0.15) is 51.2 Å². The summed E-state index contributed by atoms with van der Waals surface area (Å²) in [5.41, 5.74) is 7.92. The van der Waals surface area contributed by atoms with Gasteiger partial charge in [0, 0.05) is 24.2 Å². The van der Waals surface area contributed by atoms with Crippen LogP contribution in [0.2, 0.25) is 5.02 Å². The smallest absolute Gasteiger partial charge is 0.0454 e. The van der Waals surface area contributed by atoms with Crippen LogP contribution in [0.5, 0.6) is 0 Å². The second-order valence-corrected chi connectivity index (χ2v) is 5.81. The summed E-state index contributed by atoms with van der Waals surface area (Å²) in [4.78, 5) is 2.49. The minimum absolute atomic E-state index is 0.544. The molecule has 0 aromatic heterocycles. The van der Waals surface area contributed by atoms with Crippen LogP contribution in [0.15, 0.2) is 18.2 Å². The molecule has 0 saturated heterocycles. The van der Waals surface area contributed by atoms with Gasteiger partial charge in [0.05, 0.1) is 0 Å². The molecular weight excluding hydrogens is 256 g/mol. The summed E-state index contributed by atoms with van der Waals surface area (Å²) in [6, 6.07) is 6.72. The predicted molar refractivity (Wildman–Crippen MR) is 84.4 cm³/mol. The zero-order valence-electron chi connectivity index (χ0n) is 12.5. The summed E-state index contributed by atoms with van der Waals surface area (Å²) >= 11 is 6.34. The largest absolute Gasteiger partial charge is 0.326 e. The molecule has 1 aromatic carbocycles. The van der Waals surface area contributed by atoms with Gasteiger partial charge in [-0.15, -0.1) is 0 Å². The van der Waals surface area contributed by atoms with Crippen LogP contribution in [0.25, 0.3) is 0 Å². The van der Waals surface area contributed by atoms with Gasteiger partial charge in [0.25, 0.3) is 0 Å². The third kappa shape index (κ3) is 5.52. The molecule has 0 unspecified atom stereocenters. The fourth-order valence-corrected chi connectivity index (χ4v) is 2.41. The number of nitrogens with zero attached hydrogens (tertiary/aromatic N) is 1. The van der Waals surface area contributed by atoms with Crippen molar-refractivity contribution < 1.29 is 0 Å². The zero-order chi connectivity index (χ0) is 14.3. The SMILES string of the molecule is CCCCCN(Cc1ccc(CN)cc1Cl)C(C)C. The number of hydrogen-bond donors (Lipinski definition) is 1. The third-order valence-corrected chi connectivity index (χ3v) is 3.86. The first kappa shape index (κ1) is 16.5. The highest BCUT2D eigenvalue weighted by Gasteiger charge is 2.11. The minimum atomic E-state index is 0.544. The summed E-state index contributed by atoms with van der Waals surface area (Å²) in [7, 11) is 0. The van der Waals surface area contributed by atoms with Gasteiger partial charge in [-0.2, -0.15) is 0 Å². The second kappa shape index (κ2) is 8.57. The van der Waals surface area contributed by atoms with Gasteiger partial charge in [0.2, 0.25) is 0 Å². The first-order chi connectivity index (χ1) is 9.08. The van der Waals surface area contributed by atoms with Crippen LogP contribution >= 0.6 is 11.6 Å². The fraction of sp³-hybridized carbons (Fsp3) is 0.625. The summed E-state index contributed by atoms with van der Waals surface area (Å²) in [6.07, 6.45) is 3.81. The van der Waals surface area contributed by atoms with E-state index in [0.717, 1.165) is 23.7 Å². The second-order valence-electron chi connectivity index (χ2n) is 5.40. The Balaban J connectivity index is 2.67. The molecule has 2 nitrogen and oxygen atoms in total. The summed E-state index contributed by atoms with van der Waals surface area (Å²) < 4.78 is 0. The highest BCUT2D eigenvalue weighted by Crippen LogP contribution is 2.20. The van der Waals surface area contributed by atoms with Crippen LogP contribution in [0.3, 0.4) is 0 Å². The number of rotatable bonds is 8. The summed E-state index contributed by atoms with van der Waals surface area (Å²) in [5, 5.41) is 0.837. The molecule has 0 aliphatic heterocycles. The Hall–Kier alpha value is -0.570. The van der Waals surface area contributed by atoms with E-state index < -0.39 is 0 Å². The van der Waals surface area contributed by atoms with Crippen molar-refractivity contribution in [3.63, 3.8) is 0 Å². The molecule has 0 radical (unpaired) electrons. The Bertz CT molecular complexity index is 377. The Labute approximate surface area is 122 Å². The van der Waals surface area contributed by atoms with Crippen molar-refractivity contribution in [1.82, 2.24) is 4.90 Å². The highest BCUT2D eigenvalue weighted by atomic mass is 35.5. The molecular formula is C16H27ClN2. The lowest BCUT2D eigenvalue weighted by Gasteiger charge is -2.27. The van der Waals surface area contributed by atoms with Crippen molar-refractivity contribution in [2.75, 3.05) is 6.54 Å². The maximum absolute atomic E-state index is 6.34. The van der Waals surface area contributed by atoms with Gasteiger partial charge in [-0.25, -0.2) is 0 Å². The maximum atomic E-state index is 6.34. The van der Waals surface area contributed by atoms with Crippen LogP contribution in [-0.4, -0.2) is 17.5 Å². The van der Waals surface area contributed by atoms with E-state index in [0.29, 0.717) is 12.6 Å².